The lowest BCUT2D eigenvalue weighted by molar-refractivity contribution is 0.0424. The summed E-state index contributed by atoms with van der Waals surface area (Å²) in [6, 6.07) is 7.51. The largest absolute Gasteiger partial charge is 0.490 e. The minimum atomic E-state index is 0.169. The van der Waals surface area contributed by atoms with Crippen LogP contribution in [-0.2, 0) is 9.47 Å². The van der Waals surface area contributed by atoms with Gasteiger partial charge in [-0.05, 0) is 44.2 Å². The average Bonchev–Trinajstić information content (AvgIpc) is 2.70. The average molecular weight is 367 g/mol. The molecule has 148 valence electrons. The fraction of sp³-hybridized carbons (Fsp3) is 0.650. The van der Waals surface area contributed by atoms with E-state index in [1.165, 1.54) is 7.05 Å². The molecule has 1 fully saturated rings. The predicted octanol–water partition coefficient (Wildman–Crippen LogP) is 2.36. The van der Waals surface area contributed by atoms with Crippen LogP contribution in [0.2, 0.25) is 0 Å². The molecule has 0 saturated carbocycles. The topological polar surface area (TPSA) is 74.0 Å². The summed E-state index contributed by atoms with van der Waals surface area (Å²) in [5.74, 6) is 1.02. The normalized spacial score (nSPS) is 15.2. The number of nitrogens with two attached hydrogens (primary N) is 1. The summed E-state index contributed by atoms with van der Waals surface area (Å²) in [4.78, 5) is 14.0. The monoisotopic (exact) mass is 366 g/mol. The Kier molecular flexibility index (Phi) is 11.9. The molecule has 1 saturated heterocycles. The number of benzene rings is 1. The molecule has 1 heterocycles. The maximum atomic E-state index is 11.6. The van der Waals surface area contributed by atoms with Crippen molar-refractivity contribution < 1.29 is 19.0 Å². The van der Waals surface area contributed by atoms with Crippen molar-refractivity contribution in [3.63, 3.8) is 0 Å². The lowest BCUT2D eigenvalue weighted by Gasteiger charge is -2.32. The number of Topliss-reactive ketones (excluding diaryl/α,β-unsaturated/α-hetero) is 1. The van der Waals surface area contributed by atoms with Crippen LogP contribution in [-0.4, -0.2) is 70.4 Å². The number of rotatable bonds is 10. The summed E-state index contributed by atoms with van der Waals surface area (Å²) in [6.07, 6.45) is 2.83. The van der Waals surface area contributed by atoms with Gasteiger partial charge < -0.3 is 24.8 Å². The van der Waals surface area contributed by atoms with E-state index in [4.69, 9.17) is 14.2 Å². The highest BCUT2D eigenvalue weighted by Gasteiger charge is 2.20. The fourth-order valence-electron chi connectivity index (χ4n) is 2.80. The zero-order valence-electron chi connectivity index (χ0n) is 16.4. The number of carbonyl (C=O) groups excluding carboxylic acids is 1. The van der Waals surface area contributed by atoms with Gasteiger partial charge in [-0.2, -0.15) is 0 Å². The van der Waals surface area contributed by atoms with Crippen molar-refractivity contribution in [2.75, 3.05) is 53.6 Å². The molecule has 1 aliphatic heterocycles. The number of ketones is 1. The highest BCUT2D eigenvalue weighted by Crippen LogP contribution is 2.20. The second kappa shape index (κ2) is 13.7. The van der Waals surface area contributed by atoms with Gasteiger partial charge in [0.2, 0.25) is 0 Å². The van der Waals surface area contributed by atoms with Gasteiger partial charge in [0.1, 0.15) is 11.9 Å². The van der Waals surface area contributed by atoms with E-state index >= 15 is 0 Å². The molecule has 2 N–H and O–H groups in total. The van der Waals surface area contributed by atoms with Gasteiger partial charge in [0.05, 0.1) is 19.8 Å². The van der Waals surface area contributed by atoms with E-state index < -0.39 is 0 Å². The van der Waals surface area contributed by atoms with Crippen LogP contribution in [0.4, 0.5) is 0 Å². The first-order valence-electron chi connectivity index (χ1n) is 9.39. The van der Waals surface area contributed by atoms with E-state index in [1.807, 2.05) is 31.2 Å². The Morgan fingerprint density at radius 2 is 1.77 bits per heavy atom. The molecule has 6 nitrogen and oxygen atoms in total. The van der Waals surface area contributed by atoms with Crippen molar-refractivity contribution in [3.8, 4) is 5.75 Å². The molecule has 0 aliphatic carbocycles. The Bertz CT molecular complexity index is 485. The van der Waals surface area contributed by atoms with E-state index in [1.54, 1.807) is 7.11 Å². The summed E-state index contributed by atoms with van der Waals surface area (Å²) in [6.45, 7) is 6.97. The Morgan fingerprint density at radius 1 is 1.12 bits per heavy atom. The second-order valence-corrected chi connectivity index (χ2v) is 6.07. The quantitative estimate of drug-likeness (QED) is 0.506. The molecule has 0 unspecified atom stereocenters. The van der Waals surface area contributed by atoms with Gasteiger partial charge in [-0.15, -0.1) is 0 Å². The Balaban J connectivity index is 0.00000163. The molecule has 2 rings (SSSR count). The Labute approximate surface area is 157 Å². The minimum absolute atomic E-state index is 0.169. The fourth-order valence-corrected chi connectivity index (χ4v) is 2.80. The highest BCUT2D eigenvalue weighted by molar-refractivity contribution is 5.95. The van der Waals surface area contributed by atoms with Crippen LogP contribution in [0, 0.1) is 0 Å². The van der Waals surface area contributed by atoms with Crippen LogP contribution in [0.5, 0.6) is 5.75 Å². The third kappa shape index (κ3) is 8.27. The SMILES string of the molecule is CCC(=O)c1ccc(OC2CCN(CCOCCOC)CC2)cc1.CN. The lowest BCUT2D eigenvalue weighted by Crippen LogP contribution is -2.39. The number of likely N-dealkylation sites (tertiary alicyclic amines) is 1. The number of methoxy groups -OCH3 is 1. The summed E-state index contributed by atoms with van der Waals surface area (Å²) in [7, 11) is 3.18. The van der Waals surface area contributed by atoms with E-state index in [-0.39, 0.29) is 11.9 Å². The standard InChI is InChI=1S/C19H29NO4.CH5N/c1-3-19(21)16-4-6-17(7-5-16)24-18-8-10-20(11-9-18)12-13-23-15-14-22-2;1-2/h4-7,18H,3,8-15H2,1-2H3;2H2,1H3. The molecule has 0 atom stereocenters. The first-order chi connectivity index (χ1) is 12.7. The molecule has 0 spiro atoms. The molecular weight excluding hydrogens is 332 g/mol. The molecule has 6 heteroatoms. The summed E-state index contributed by atoms with van der Waals surface area (Å²) < 4.78 is 16.5. The van der Waals surface area contributed by atoms with E-state index in [0.29, 0.717) is 19.6 Å². The van der Waals surface area contributed by atoms with Gasteiger partial charge in [0, 0.05) is 38.7 Å². The predicted molar refractivity (Wildman–Crippen MR) is 104 cm³/mol. The van der Waals surface area contributed by atoms with Crippen molar-refractivity contribution >= 4 is 5.78 Å². The van der Waals surface area contributed by atoms with Gasteiger partial charge in [0.25, 0.3) is 0 Å². The Hall–Kier alpha value is -1.47. The van der Waals surface area contributed by atoms with E-state index in [2.05, 4.69) is 10.6 Å². The van der Waals surface area contributed by atoms with E-state index in [0.717, 1.165) is 50.4 Å². The van der Waals surface area contributed by atoms with Crippen molar-refractivity contribution in [1.82, 2.24) is 4.90 Å². The van der Waals surface area contributed by atoms with Gasteiger partial charge >= 0.3 is 0 Å². The van der Waals surface area contributed by atoms with Gasteiger partial charge in [-0.25, -0.2) is 0 Å². The van der Waals surface area contributed by atoms with Crippen LogP contribution >= 0.6 is 0 Å². The first kappa shape index (κ1) is 22.6. The molecule has 0 radical (unpaired) electrons. The third-order valence-corrected chi connectivity index (χ3v) is 4.32. The number of piperidine rings is 1. The molecule has 0 aromatic heterocycles. The number of nitrogens with zero attached hydrogens (tertiary/aromatic N) is 1. The molecule has 0 amide bonds. The number of ether oxygens (including phenoxy) is 3. The lowest BCUT2D eigenvalue weighted by atomic mass is 10.1. The zero-order valence-corrected chi connectivity index (χ0v) is 16.4. The van der Waals surface area contributed by atoms with Gasteiger partial charge in [-0.1, -0.05) is 6.92 Å². The number of carbonyl (C=O) groups is 1. The maximum Gasteiger partial charge on any atom is 0.162 e. The molecule has 0 bridgehead atoms. The summed E-state index contributed by atoms with van der Waals surface area (Å²) >= 11 is 0. The second-order valence-electron chi connectivity index (χ2n) is 6.07. The zero-order chi connectivity index (χ0) is 19.2. The summed E-state index contributed by atoms with van der Waals surface area (Å²) in [5, 5.41) is 0. The van der Waals surface area contributed by atoms with Crippen molar-refractivity contribution in [2.45, 2.75) is 32.3 Å². The smallest absolute Gasteiger partial charge is 0.162 e. The molecule has 1 aromatic rings. The summed E-state index contributed by atoms with van der Waals surface area (Å²) in [5.41, 5.74) is 5.26. The third-order valence-electron chi connectivity index (χ3n) is 4.32. The molecule has 1 aliphatic rings. The van der Waals surface area contributed by atoms with Crippen LogP contribution in [0.25, 0.3) is 0 Å². The number of hydrogen-bond donors (Lipinski definition) is 1. The van der Waals surface area contributed by atoms with Crippen LogP contribution in [0.1, 0.15) is 36.5 Å². The number of hydrogen-bond acceptors (Lipinski definition) is 6. The van der Waals surface area contributed by atoms with Gasteiger partial charge in [0.15, 0.2) is 5.78 Å². The van der Waals surface area contributed by atoms with Crippen molar-refractivity contribution in [1.29, 1.82) is 0 Å². The maximum absolute atomic E-state index is 11.6. The van der Waals surface area contributed by atoms with Crippen molar-refractivity contribution in [3.05, 3.63) is 29.8 Å². The molecule has 1 aromatic carbocycles. The van der Waals surface area contributed by atoms with Crippen LogP contribution < -0.4 is 10.5 Å². The Morgan fingerprint density at radius 3 is 2.35 bits per heavy atom. The molecule has 26 heavy (non-hydrogen) atoms. The van der Waals surface area contributed by atoms with Crippen molar-refractivity contribution in [2.24, 2.45) is 5.73 Å². The van der Waals surface area contributed by atoms with Crippen LogP contribution in [0.3, 0.4) is 0 Å². The van der Waals surface area contributed by atoms with Gasteiger partial charge in [-0.3, -0.25) is 4.79 Å². The van der Waals surface area contributed by atoms with E-state index in [9.17, 15) is 4.79 Å². The molecular formula is C20H34N2O4. The highest BCUT2D eigenvalue weighted by atomic mass is 16.5. The first-order valence-corrected chi connectivity index (χ1v) is 9.39. The van der Waals surface area contributed by atoms with Crippen LogP contribution in [0.15, 0.2) is 24.3 Å². The minimum Gasteiger partial charge on any atom is -0.490 e.